The standard InChI is InChI=1S/C45H65N3O18/c1-4-24-15-26(42(58)47-13-12-46-33(52)17-25-18-34(53)62-29-19-27(51)10-11-28(25)29)16-30(40(24)66-45-39(57)38(56)36(54)21(2)61-45)64-44-35(48-22(3)50)41(37(55)32(20-49)65-44)63-31(43(59)60)14-23-8-6-5-7-9-23/h10-11,18-19,21,23-24,26,30-32,35-41,44-45,49,51,54-57H,4-9,12-17,20H2,1-3H3,(H,46,52)(H,47,58)(H,48,50)(H,59,60)/t21-,24?,26?,30-,31+,32?,35?,36?,37+,38?,39+,40?,41?,44-,45?/m1/s1. The van der Waals surface area contributed by atoms with Gasteiger partial charge in [-0.2, -0.15) is 0 Å². The Morgan fingerprint density at radius 3 is 2.29 bits per heavy atom. The molecule has 4 fully saturated rings. The molecule has 2 saturated carbocycles. The molecule has 1 aromatic carbocycles. The van der Waals surface area contributed by atoms with E-state index in [2.05, 4.69) is 16.0 Å². The number of carboxylic acids is 1. The van der Waals surface area contributed by atoms with Crippen LogP contribution in [-0.4, -0.2) is 159 Å². The molecule has 3 amide bonds. The normalized spacial score (nSPS) is 33.5. The van der Waals surface area contributed by atoms with Crippen molar-refractivity contribution in [1.82, 2.24) is 16.0 Å². The zero-order valence-corrected chi connectivity index (χ0v) is 37.4. The summed E-state index contributed by atoms with van der Waals surface area (Å²) in [4.78, 5) is 64.4. The van der Waals surface area contributed by atoms with Crippen molar-refractivity contribution in [3.8, 4) is 5.75 Å². The molecule has 1 aromatic heterocycles. The van der Waals surface area contributed by atoms with Crippen LogP contribution < -0.4 is 21.6 Å². The van der Waals surface area contributed by atoms with E-state index >= 15 is 0 Å². The zero-order chi connectivity index (χ0) is 47.8. The second-order valence-electron chi connectivity index (χ2n) is 18.0. The number of ether oxygens (including phenoxy) is 5. The number of carboxylic acid groups (broad SMARTS) is 1. The summed E-state index contributed by atoms with van der Waals surface area (Å²) in [6, 6.07) is 4.05. The number of hydrogen-bond donors (Lipinski definition) is 10. The predicted octanol–water partition coefficient (Wildman–Crippen LogP) is -0.301. The van der Waals surface area contributed by atoms with Crippen LogP contribution in [0.4, 0.5) is 0 Å². The number of phenolic OH excluding ortho intramolecular Hbond substituents is 1. The summed E-state index contributed by atoms with van der Waals surface area (Å²) in [5.41, 5.74) is -0.193. The Bertz CT molecular complexity index is 2030. The highest BCUT2D eigenvalue weighted by Crippen LogP contribution is 2.40. The van der Waals surface area contributed by atoms with Crippen LogP contribution in [-0.2, 0) is 49.3 Å². The molecule has 0 spiro atoms. The Morgan fingerprint density at radius 2 is 1.61 bits per heavy atom. The highest BCUT2D eigenvalue weighted by Gasteiger charge is 2.53. The Morgan fingerprint density at radius 1 is 0.879 bits per heavy atom. The number of amides is 3. The minimum Gasteiger partial charge on any atom is -0.508 e. The minimum atomic E-state index is -1.70. The second kappa shape index (κ2) is 23.1. The second-order valence-corrected chi connectivity index (χ2v) is 18.0. The number of carbonyl (C=O) groups excluding carboxylic acids is 3. The monoisotopic (exact) mass is 935 g/mol. The van der Waals surface area contributed by atoms with Gasteiger partial charge in [0.05, 0.1) is 31.3 Å². The van der Waals surface area contributed by atoms with Crippen molar-refractivity contribution in [2.75, 3.05) is 19.7 Å². The van der Waals surface area contributed by atoms with Gasteiger partial charge in [0.1, 0.15) is 54.0 Å². The highest BCUT2D eigenvalue weighted by atomic mass is 16.7. The van der Waals surface area contributed by atoms with Gasteiger partial charge in [-0.05, 0) is 55.7 Å². The van der Waals surface area contributed by atoms with E-state index in [1.807, 2.05) is 6.92 Å². The third kappa shape index (κ3) is 12.6. The first-order valence-corrected chi connectivity index (χ1v) is 22.9. The fraction of sp³-hybridized carbons (Fsp3) is 0.711. The number of carbonyl (C=O) groups is 4. The molecule has 2 saturated heterocycles. The van der Waals surface area contributed by atoms with E-state index in [1.54, 1.807) is 0 Å². The average Bonchev–Trinajstić information content (AvgIpc) is 3.27. The van der Waals surface area contributed by atoms with Crippen molar-refractivity contribution in [3.05, 3.63) is 40.2 Å². The van der Waals surface area contributed by atoms with E-state index in [4.69, 9.17) is 28.1 Å². The molecule has 0 bridgehead atoms. The zero-order valence-electron chi connectivity index (χ0n) is 37.4. The lowest BCUT2D eigenvalue weighted by Gasteiger charge is -2.49. The van der Waals surface area contributed by atoms with Crippen LogP contribution >= 0.6 is 0 Å². The molecule has 4 aliphatic rings. The largest absolute Gasteiger partial charge is 0.508 e. The summed E-state index contributed by atoms with van der Waals surface area (Å²) < 4.78 is 36.2. The predicted molar refractivity (Wildman–Crippen MR) is 229 cm³/mol. The van der Waals surface area contributed by atoms with Gasteiger partial charge in [-0.15, -0.1) is 0 Å². The van der Waals surface area contributed by atoms with E-state index in [1.165, 1.54) is 38.1 Å². The summed E-state index contributed by atoms with van der Waals surface area (Å²) in [6.45, 7) is 3.81. The number of phenols is 1. The lowest BCUT2D eigenvalue weighted by atomic mass is 9.75. The van der Waals surface area contributed by atoms with Crippen molar-refractivity contribution in [1.29, 1.82) is 0 Å². The quantitative estimate of drug-likeness (QED) is 0.0678. The third-order valence-corrected chi connectivity index (χ3v) is 13.2. The van der Waals surface area contributed by atoms with Gasteiger partial charge < -0.3 is 79.8 Å². The van der Waals surface area contributed by atoms with Crippen molar-refractivity contribution in [3.63, 3.8) is 0 Å². The number of nitrogens with one attached hydrogen (secondary N) is 3. The summed E-state index contributed by atoms with van der Waals surface area (Å²) in [5, 5.41) is 82.7. The van der Waals surface area contributed by atoms with Gasteiger partial charge in [-0.25, -0.2) is 9.59 Å². The van der Waals surface area contributed by atoms with E-state index in [-0.39, 0.29) is 56.0 Å². The lowest BCUT2D eigenvalue weighted by Crippen LogP contribution is -2.67. The maximum atomic E-state index is 13.9. The summed E-state index contributed by atoms with van der Waals surface area (Å²) in [6.07, 6.45) is -11.6. The highest BCUT2D eigenvalue weighted by molar-refractivity contribution is 5.87. The average molecular weight is 936 g/mol. The fourth-order valence-corrected chi connectivity index (χ4v) is 9.71. The SMILES string of the molecule is CCC1CC(C(=O)NCCNC(=O)Cc2cc(=O)oc3cc(O)ccc23)C[C@@H](O[C@@H]2OC(CO)[C@H](O)C(O[C@@H](CC3CCCCC3)C(=O)O)C2NC(C)=O)C1OC1O[C@H](C)C(O)C(O)[C@@H]1O. The van der Waals surface area contributed by atoms with Crippen LogP contribution in [0.5, 0.6) is 5.75 Å². The van der Waals surface area contributed by atoms with Gasteiger partial charge in [-0.1, -0.05) is 45.4 Å². The maximum absolute atomic E-state index is 13.9. The molecule has 21 heteroatoms. The molecule has 6 rings (SSSR count). The molecule has 0 radical (unpaired) electrons. The fourth-order valence-electron chi connectivity index (χ4n) is 9.71. The van der Waals surface area contributed by atoms with Gasteiger partial charge in [0.15, 0.2) is 18.7 Å². The van der Waals surface area contributed by atoms with Crippen LogP contribution in [0, 0.1) is 17.8 Å². The Labute approximate surface area is 381 Å². The maximum Gasteiger partial charge on any atom is 0.336 e. The Kier molecular flexibility index (Phi) is 17.9. The van der Waals surface area contributed by atoms with Gasteiger partial charge in [0.25, 0.3) is 0 Å². The third-order valence-electron chi connectivity index (χ3n) is 13.2. The van der Waals surface area contributed by atoms with Gasteiger partial charge >= 0.3 is 11.6 Å². The van der Waals surface area contributed by atoms with Crippen LogP contribution in [0.3, 0.4) is 0 Å². The number of benzene rings is 1. The summed E-state index contributed by atoms with van der Waals surface area (Å²) in [5.74, 6) is -4.04. The number of aliphatic carboxylic acids is 1. The Hall–Kier alpha value is -4.29. The number of rotatable bonds is 18. The van der Waals surface area contributed by atoms with Gasteiger partial charge in [0.2, 0.25) is 17.7 Å². The van der Waals surface area contributed by atoms with Crippen LogP contribution in [0.1, 0.15) is 84.1 Å². The van der Waals surface area contributed by atoms with Crippen LogP contribution in [0.15, 0.2) is 33.5 Å². The molecule has 9 unspecified atom stereocenters. The summed E-state index contributed by atoms with van der Waals surface area (Å²) >= 11 is 0. The van der Waals surface area contributed by atoms with Crippen LogP contribution in [0.2, 0.25) is 0 Å². The van der Waals surface area contributed by atoms with Crippen molar-refractivity contribution in [2.24, 2.45) is 17.8 Å². The number of aliphatic hydroxyl groups is 5. The lowest BCUT2D eigenvalue weighted by molar-refractivity contribution is -0.338. The van der Waals surface area contributed by atoms with Crippen molar-refractivity contribution < 1.29 is 83.0 Å². The number of fused-ring (bicyclic) bond motifs is 1. The summed E-state index contributed by atoms with van der Waals surface area (Å²) in [7, 11) is 0. The molecule has 2 aliphatic carbocycles. The van der Waals surface area contributed by atoms with E-state index in [0.717, 1.165) is 32.1 Å². The molecule has 2 aromatic rings. The van der Waals surface area contributed by atoms with E-state index in [9.17, 15) is 59.7 Å². The van der Waals surface area contributed by atoms with Gasteiger partial charge in [-0.3, -0.25) is 14.4 Å². The topological polar surface area (TPSA) is 322 Å². The number of hydrogen-bond acceptors (Lipinski definition) is 17. The van der Waals surface area contributed by atoms with E-state index in [0.29, 0.717) is 17.4 Å². The number of aromatic hydroxyl groups is 1. The smallest absolute Gasteiger partial charge is 0.336 e. The molecule has 66 heavy (non-hydrogen) atoms. The first kappa shape index (κ1) is 51.1. The molecule has 368 valence electrons. The van der Waals surface area contributed by atoms with Crippen molar-refractivity contribution >= 4 is 34.7 Å². The van der Waals surface area contributed by atoms with Gasteiger partial charge in [0, 0.05) is 43.5 Å². The molecule has 10 N–H and O–H groups in total. The first-order valence-electron chi connectivity index (χ1n) is 22.9. The molecular formula is C45H65N3O18. The molecule has 3 heterocycles. The van der Waals surface area contributed by atoms with Crippen molar-refractivity contribution in [2.45, 2.75) is 165 Å². The minimum absolute atomic E-state index is 0.00606. The molecule has 21 nitrogen and oxygen atoms in total. The Balaban J connectivity index is 1.20. The first-order chi connectivity index (χ1) is 31.5. The van der Waals surface area contributed by atoms with Crippen LogP contribution in [0.25, 0.3) is 11.0 Å². The molecular weight excluding hydrogens is 870 g/mol. The molecule has 15 atom stereocenters. The number of aliphatic hydroxyl groups excluding tert-OH is 5. The molecule has 2 aliphatic heterocycles. The van der Waals surface area contributed by atoms with E-state index < -0.39 is 127 Å².